The molecule has 1 heterocycles. The number of benzene rings is 1. The van der Waals surface area contributed by atoms with E-state index in [2.05, 4.69) is 17.9 Å². The molecule has 1 amide bonds. The minimum Gasteiger partial charge on any atom is -0.399 e. The highest BCUT2D eigenvalue weighted by Crippen LogP contribution is 2.24. The van der Waals surface area contributed by atoms with Crippen LogP contribution in [0, 0.1) is 12.8 Å². The maximum Gasteiger partial charge on any atom is 0.225 e. The zero-order chi connectivity index (χ0) is 14.0. The van der Waals surface area contributed by atoms with E-state index in [1.165, 1.54) is 11.3 Å². The number of piperazine rings is 1. The summed E-state index contributed by atoms with van der Waals surface area (Å²) in [5.41, 5.74) is 9.08. The van der Waals surface area contributed by atoms with Crippen molar-refractivity contribution in [2.24, 2.45) is 5.92 Å². The highest BCUT2D eigenvalue weighted by atomic mass is 16.2. The van der Waals surface area contributed by atoms with Crippen LogP contribution in [-0.2, 0) is 4.79 Å². The molecule has 1 saturated heterocycles. The summed E-state index contributed by atoms with van der Waals surface area (Å²) in [6.45, 7) is 9.36. The first-order chi connectivity index (χ1) is 8.99. The van der Waals surface area contributed by atoms with Crippen LogP contribution in [0.4, 0.5) is 11.4 Å². The molecule has 0 bridgehead atoms. The predicted octanol–water partition coefficient (Wildman–Crippen LogP) is 1.88. The van der Waals surface area contributed by atoms with Gasteiger partial charge in [0.05, 0.1) is 0 Å². The average Bonchev–Trinajstić information content (AvgIpc) is 2.41. The van der Waals surface area contributed by atoms with Crippen LogP contribution in [0.1, 0.15) is 19.4 Å². The molecule has 0 aliphatic carbocycles. The number of nitrogens with zero attached hydrogens (tertiary/aromatic N) is 2. The van der Waals surface area contributed by atoms with E-state index >= 15 is 0 Å². The molecule has 1 aromatic rings. The van der Waals surface area contributed by atoms with E-state index in [0.717, 1.165) is 31.9 Å². The number of carbonyl (C=O) groups is 1. The summed E-state index contributed by atoms with van der Waals surface area (Å²) in [4.78, 5) is 16.2. The first kappa shape index (κ1) is 13.7. The van der Waals surface area contributed by atoms with Gasteiger partial charge in [0, 0.05) is 43.5 Å². The molecule has 4 heteroatoms. The molecule has 0 saturated carbocycles. The second kappa shape index (κ2) is 5.51. The van der Waals surface area contributed by atoms with Crippen molar-refractivity contribution in [1.82, 2.24) is 4.90 Å². The SMILES string of the molecule is Cc1ccc(N)cc1N1CCN(C(=O)C(C)C)CC1. The van der Waals surface area contributed by atoms with Gasteiger partial charge in [-0.15, -0.1) is 0 Å². The van der Waals surface area contributed by atoms with E-state index in [9.17, 15) is 4.79 Å². The molecule has 2 N–H and O–H groups in total. The zero-order valence-electron chi connectivity index (χ0n) is 12.0. The van der Waals surface area contributed by atoms with Crippen molar-refractivity contribution in [3.63, 3.8) is 0 Å². The third-order valence-electron chi connectivity index (χ3n) is 3.66. The molecule has 2 rings (SSSR count). The molecule has 1 aromatic carbocycles. The monoisotopic (exact) mass is 261 g/mol. The Hall–Kier alpha value is -1.71. The van der Waals surface area contributed by atoms with Gasteiger partial charge in [-0.1, -0.05) is 19.9 Å². The van der Waals surface area contributed by atoms with Crippen LogP contribution in [0.2, 0.25) is 0 Å². The maximum atomic E-state index is 11.9. The molecule has 19 heavy (non-hydrogen) atoms. The van der Waals surface area contributed by atoms with Gasteiger partial charge in [0.2, 0.25) is 5.91 Å². The number of nitrogens with two attached hydrogens (primary N) is 1. The molecule has 4 nitrogen and oxygen atoms in total. The molecule has 1 aliphatic rings. The van der Waals surface area contributed by atoms with Crippen LogP contribution < -0.4 is 10.6 Å². The van der Waals surface area contributed by atoms with Gasteiger partial charge in [0.15, 0.2) is 0 Å². The van der Waals surface area contributed by atoms with Crippen LogP contribution in [0.15, 0.2) is 18.2 Å². The van der Waals surface area contributed by atoms with Crippen LogP contribution in [0.5, 0.6) is 0 Å². The van der Waals surface area contributed by atoms with E-state index in [4.69, 9.17) is 5.73 Å². The van der Waals surface area contributed by atoms with Gasteiger partial charge < -0.3 is 15.5 Å². The molecule has 0 aromatic heterocycles. The third-order valence-corrected chi connectivity index (χ3v) is 3.66. The Morgan fingerprint density at radius 3 is 2.42 bits per heavy atom. The lowest BCUT2D eigenvalue weighted by Gasteiger charge is -2.37. The van der Waals surface area contributed by atoms with E-state index in [-0.39, 0.29) is 11.8 Å². The van der Waals surface area contributed by atoms with Crippen molar-refractivity contribution in [2.45, 2.75) is 20.8 Å². The van der Waals surface area contributed by atoms with E-state index in [1.54, 1.807) is 0 Å². The zero-order valence-corrected chi connectivity index (χ0v) is 12.0. The summed E-state index contributed by atoms with van der Waals surface area (Å²) in [5, 5.41) is 0. The van der Waals surface area contributed by atoms with Gasteiger partial charge in [-0.05, 0) is 24.6 Å². The van der Waals surface area contributed by atoms with Gasteiger partial charge in [-0.2, -0.15) is 0 Å². The summed E-state index contributed by atoms with van der Waals surface area (Å²) in [6, 6.07) is 6.00. The fourth-order valence-electron chi connectivity index (χ4n) is 2.50. The van der Waals surface area contributed by atoms with Gasteiger partial charge in [-0.25, -0.2) is 0 Å². The molecule has 1 fully saturated rings. The third kappa shape index (κ3) is 3.00. The quantitative estimate of drug-likeness (QED) is 0.827. The largest absolute Gasteiger partial charge is 0.399 e. The smallest absolute Gasteiger partial charge is 0.225 e. The number of rotatable bonds is 2. The molecule has 104 valence electrons. The van der Waals surface area contributed by atoms with Crippen LogP contribution >= 0.6 is 0 Å². The maximum absolute atomic E-state index is 11.9. The summed E-state index contributed by atoms with van der Waals surface area (Å²) < 4.78 is 0. The lowest BCUT2D eigenvalue weighted by Crippen LogP contribution is -2.50. The van der Waals surface area contributed by atoms with Crippen molar-refractivity contribution >= 4 is 17.3 Å². The number of aryl methyl sites for hydroxylation is 1. The van der Waals surface area contributed by atoms with Crippen molar-refractivity contribution in [1.29, 1.82) is 0 Å². The Bertz CT molecular complexity index is 462. The van der Waals surface area contributed by atoms with Crippen molar-refractivity contribution in [2.75, 3.05) is 36.8 Å². The second-order valence-corrected chi connectivity index (χ2v) is 5.51. The van der Waals surface area contributed by atoms with Crippen molar-refractivity contribution in [3.8, 4) is 0 Å². The van der Waals surface area contributed by atoms with E-state index < -0.39 is 0 Å². The Morgan fingerprint density at radius 2 is 1.84 bits per heavy atom. The van der Waals surface area contributed by atoms with Crippen molar-refractivity contribution in [3.05, 3.63) is 23.8 Å². The van der Waals surface area contributed by atoms with Gasteiger partial charge in [0.1, 0.15) is 0 Å². The number of anilines is 2. The number of hydrogen-bond donors (Lipinski definition) is 1. The number of nitrogen functional groups attached to an aromatic ring is 1. The summed E-state index contributed by atoms with van der Waals surface area (Å²) in [7, 11) is 0. The summed E-state index contributed by atoms with van der Waals surface area (Å²) in [5.74, 6) is 0.338. The molecule has 0 unspecified atom stereocenters. The fourth-order valence-corrected chi connectivity index (χ4v) is 2.50. The molecule has 0 atom stereocenters. The summed E-state index contributed by atoms with van der Waals surface area (Å²) >= 11 is 0. The highest BCUT2D eigenvalue weighted by molar-refractivity contribution is 5.78. The lowest BCUT2D eigenvalue weighted by atomic mass is 10.1. The molecule has 1 aliphatic heterocycles. The summed E-state index contributed by atoms with van der Waals surface area (Å²) in [6.07, 6.45) is 0. The number of hydrogen-bond acceptors (Lipinski definition) is 3. The average molecular weight is 261 g/mol. The fraction of sp³-hybridized carbons (Fsp3) is 0.533. The Labute approximate surface area is 115 Å². The number of amides is 1. The second-order valence-electron chi connectivity index (χ2n) is 5.51. The Kier molecular flexibility index (Phi) is 3.98. The predicted molar refractivity (Wildman–Crippen MR) is 79.2 cm³/mol. The van der Waals surface area contributed by atoms with Gasteiger partial charge >= 0.3 is 0 Å². The highest BCUT2D eigenvalue weighted by Gasteiger charge is 2.23. The first-order valence-corrected chi connectivity index (χ1v) is 6.89. The Morgan fingerprint density at radius 1 is 1.21 bits per heavy atom. The van der Waals surface area contributed by atoms with Crippen LogP contribution in [-0.4, -0.2) is 37.0 Å². The van der Waals surface area contributed by atoms with Crippen molar-refractivity contribution < 1.29 is 4.79 Å². The van der Waals surface area contributed by atoms with Gasteiger partial charge in [-0.3, -0.25) is 4.79 Å². The molecule has 0 radical (unpaired) electrons. The standard InChI is InChI=1S/C15H23N3O/c1-11(2)15(19)18-8-6-17(7-9-18)14-10-13(16)5-4-12(14)3/h4-5,10-11H,6-9,16H2,1-3H3. The molecular weight excluding hydrogens is 238 g/mol. The topological polar surface area (TPSA) is 49.6 Å². The lowest BCUT2D eigenvalue weighted by molar-refractivity contribution is -0.134. The molecular formula is C15H23N3O. The Balaban J connectivity index is 2.04. The number of carbonyl (C=O) groups excluding carboxylic acids is 1. The van der Waals surface area contributed by atoms with Crippen LogP contribution in [0.25, 0.3) is 0 Å². The van der Waals surface area contributed by atoms with E-state index in [0.29, 0.717) is 0 Å². The van der Waals surface area contributed by atoms with Crippen LogP contribution in [0.3, 0.4) is 0 Å². The molecule has 0 spiro atoms. The first-order valence-electron chi connectivity index (χ1n) is 6.89. The van der Waals surface area contributed by atoms with E-state index in [1.807, 2.05) is 30.9 Å². The van der Waals surface area contributed by atoms with Gasteiger partial charge in [0.25, 0.3) is 0 Å². The minimum absolute atomic E-state index is 0.0839. The minimum atomic E-state index is 0.0839. The normalized spacial score (nSPS) is 16.0.